The Morgan fingerprint density at radius 2 is 0.714 bits per heavy atom. The van der Waals surface area contributed by atoms with Gasteiger partial charge < -0.3 is 33.5 Å². The summed E-state index contributed by atoms with van der Waals surface area (Å²) in [7, 11) is 148. The number of esters is 1. The minimum Gasteiger partial charge on any atom is -0.465 e. The molecule has 0 spiro atoms. The monoisotopic (exact) mass is 959 g/mol. The molecule has 0 bridgehead atoms. The maximum Gasteiger partial charge on any atom is 0.409 e. The van der Waals surface area contributed by atoms with E-state index in [0.717, 1.165) is 0 Å². The number of Topliss-reactive ketones (excluding diaryl/α,β-unsaturated/α-hetero) is 2. The molecule has 2 aliphatic rings. The van der Waals surface area contributed by atoms with E-state index >= 15 is 0 Å². The van der Waals surface area contributed by atoms with Crippen molar-refractivity contribution in [2.45, 2.75) is 39.4 Å². The van der Waals surface area contributed by atoms with E-state index < -0.39 is 164 Å². The number of amides is 2. The molecule has 0 saturated carbocycles. The molecule has 0 aromatic carbocycles. The Morgan fingerprint density at radius 3 is 1.01 bits per heavy atom. The van der Waals surface area contributed by atoms with Gasteiger partial charge in [-0.15, -0.1) is 0 Å². The molecule has 12 nitrogen and oxygen atoms in total. The fourth-order valence-electron chi connectivity index (χ4n) is 10.5. The third kappa shape index (κ3) is 23.3. The normalized spacial score (nSPS) is 15.3. The van der Waals surface area contributed by atoms with Gasteiger partial charge in [-0.25, -0.2) is 9.59 Å². The summed E-state index contributed by atoms with van der Waals surface area (Å²) in [4.78, 5) is 60.7. The van der Waals surface area contributed by atoms with Crippen molar-refractivity contribution < 1.29 is 47.7 Å². The lowest BCUT2D eigenvalue weighted by Crippen LogP contribution is -2.93. The first-order chi connectivity index (χ1) is 35.7. The van der Waals surface area contributed by atoms with Crippen LogP contribution in [-0.4, -0.2) is 424 Å². The molecular formula is C21H34B44N2O10. The molecule has 2 heterocycles. The molecule has 2 rings (SSSR count). The van der Waals surface area contributed by atoms with Gasteiger partial charge in [0, 0.05) is 346 Å². The van der Waals surface area contributed by atoms with Crippen LogP contribution in [0.15, 0.2) is 0 Å². The Kier molecular flexibility index (Phi) is 38.2. The maximum absolute atomic E-state index is 12.0. The fraction of sp³-hybridized carbons (Fsp3) is 0.762. The van der Waals surface area contributed by atoms with Crippen LogP contribution in [0.1, 0.15) is 27.2 Å². The van der Waals surface area contributed by atoms with Gasteiger partial charge in [-0.2, -0.15) is 0 Å². The summed E-state index contributed by atoms with van der Waals surface area (Å²) < 4.78 is 24.5. The van der Waals surface area contributed by atoms with Crippen LogP contribution in [0.4, 0.5) is 9.59 Å². The molecule has 2 aliphatic heterocycles. The van der Waals surface area contributed by atoms with Crippen LogP contribution in [0.5, 0.6) is 0 Å². The number of methoxy groups -OCH3 is 2. The summed E-state index contributed by atoms with van der Waals surface area (Å²) in [6, 6.07) is 0. The number of hydrogen-bond acceptors (Lipinski definition) is 10. The first-order valence-corrected chi connectivity index (χ1v) is 25.2. The maximum atomic E-state index is 12.0. The summed E-state index contributed by atoms with van der Waals surface area (Å²) in [6.45, 7) is 6.63. The number of hydrogen-bond donors (Lipinski definition) is 0. The third-order valence-corrected chi connectivity index (χ3v) is 13.9. The van der Waals surface area contributed by atoms with Crippen molar-refractivity contribution in [1.82, 2.24) is 9.80 Å². The lowest BCUT2D eigenvalue weighted by molar-refractivity contribution is -0.158. The Balaban J connectivity index is 0.00000141. The van der Waals surface area contributed by atoms with E-state index in [0.29, 0.717) is 26.1 Å². The standard InChI is InChI=1S/C12H19NO6.C9H15NO4.B44/c1-4-18-11(15)8-6-13(12(16)19-5-2)7-9(17-3)10(8)14;1-3-14-9(12)10-5-4-7(11)8(6-10)13-2;1-24(2)35(23)41(36(25(3)4)26(5)6)44(42(37(27(7)8)28(9)10)38(29(11)12)30(13)14)43(39(31(15)16)32(17)18)40(33(19)20)34(21)22/h8-9H,4-7H2,1-3H3;8H,3-6H2,1-2H3;. The van der Waals surface area contributed by atoms with Gasteiger partial charge >= 0.3 is 18.2 Å². The van der Waals surface area contributed by atoms with E-state index in [-0.39, 0.29) is 44.0 Å². The molecule has 56 heteroatoms. The zero-order valence-corrected chi connectivity index (χ0v) is 45.3. The van der Waals surface area contributed by atoms with Gasteiger partial charge in [0.05, 0.1) is 32.9 Å². The Bertz CT molecular complexity index is 1620. The number of piperidine rings is 2. The average molecular weight is 950 g/mol. The summed E-state index contributed by atoms with van der Waals surface area (Å²) >= 11 is 0. The van der Waals surface area contributed by atoms with Crippen molar-refractivity contribution in [1.29, 1.82) is 0 Å². The molecule has 0 aliphatic carbocycles. The average Bonchev–Trinajstić information content (AvgIpc) is 3.30. The highest BCUT2D eigenvalue weighted by Gasteiger charge is 2.58. The molecule has 2 amide bonds. The molecule has 0 N–H and O–H groups in total. The predicted octanol–water partition coefficient (Wildman–Crippen LogP) is -16.1. The van der Waals surface area contributed by atoms with Gasteiger partial charge in [-0.1, -0.05) is 0 Å². The van der Waals surface area contributed by atoms with Gasteiger partial charge in [0.1, 0.15) is 18.1 Å². The molecule has 3 atom stereocenters. The van der Waals surface area contributed by atoms with Gasteiger partial charge in [0.15, 0.2) is 11.6 Å². The molecular weight excluding hydrogens is 916 g/mol. The number of ether oxygens (including phenoxy) is 5. The first kappa shape index (κ1) is 77.1. The quantitative estimate of drug-likeness (QED) is 0.0356. The zero-order valence-electron chi connectivity index (χ0n) is 45.3. The van der Waals surface area contributed by atoms with Crippen LogP contribution in [0.3, 0.4) is 0 Å². The van der Waals surface area contributed by atoms with Gasteiger partial charge in [-0.05, 0) is 20.8 Å². The number of rotatable bonds is 26. The predicted molar refractivity (Wildman–Crippen MR) is 367 cm³/mol. The van der Waals surface area contributed by atoms with E-state index in [2.05, 4.69) is 0 Å². The van der Waals surface area contributed by atoms with E-state index in [9.17, 15) is 24.0 Å². The van der Waals surface area contributed by atoms with Crippen molar-refractivity contribution in [3.05, 3.63) is 0 Å². The van der Waals surface area contributed by atoms with Crippen molar-refractivity contribution >= 4 is 342 Å². The number of nitrogens with zero attached hydrogens (tertiary/aromatic N) is 2. The smallest absolute Gasteiger partial charge is 0.409 e. The SMILES string of the molecule is CCOC(=O)C1CN(C(=O)OCC)CC(OC)C1=O.CCOC(=O)N1CCC(=O)C(OC)C1.[B]B([B])B([B])B(B(B([B])[B])B([B])[B])B(B(B(B([B])[B])B([B])[B])B(B([B])[B])B([B])[B])B(B(B([B])[B])B([B])[B])B(B([B])[B])B([B])[B]. The lowest BCUT2D eigenvalue weighted by atomic mass is 8.26. The van der Waals surface area contributed by atoms with Crippen LogP contribution in [0, 0.1) is 5.92 Å². The van der Waals surface area contributed by atoms with E-state index in [1.54, 1.807) is 20.8 Å². The van der Waals surface area contributed by atoms with Crippen LogP contribution in [-0.2, 0) is 38.1 Å². The minimum atomic E-state index is -1.27. The summed E-state index contributed by atoms with van der Waals surface area (Å²) in [6.07, 6.45) is -27.2. The van der Waals surface area contributed by atoms with Crippen molar-refractivity contribution in [2.75, 3.05) is 60.2 Å². The highest BCUT2D eigenvalue weighted by Crippen LogP contribution is 2.21. The second-order valence-corrected chi connectivity index (χ2v) is 19.2. The van der Waals surface area contributed by atoms with Crippen molar-refractivity contribution in [2.24, 2.45) is 5.92 Å². The molecule has 0 aromatic rings. The second kappa shape index (κ2) is 38.1. The molecule has 77 heavy (non-hydrogen) atoms. The minimum absolute atomic E-state index is 0.0314. The summed E-state index contributed by atoms with van der Waals surface area (Å²) in [5, 5.41) is 0. The van der Waals surface area contributed by atoms with Gasteiger partial charge in [-0.3, -0.25) is 14.4 Å². The van der Waals surface area contributed by atoms with E-state index in [4.69, 9.17) is 202 Å². The Hall–Kier alpha value is 0.127. The number of likely N-dealkylation sites (tertiary alicyclic amines) is 2. The van der Waals surface area contributed by atoms with Crippen LogP contribution in [0.25, 0.3) is 0 Å². The molecule has 46 radical (unpaired) electrons. The number of carbonyl (C=O) groups excluding carboxylic acids is 5. The topological polar surface area (TPSA) is 138 Å². The van der Waals surface area contributed by atoms with Crippen molar-refractivity contribution in [3.63, 3.8) is 0 Å². The van der Waals surface area contributed by atoms with E-state index in [1.165, 1.54) is 24.0 Å². The van der Waals surface area contributed by atoms with Crippen molar-refractivity contribution in [3.8, 4) is 0 Å². The van der Waals surface area contributed by atoms with Crippen LogP contribution < -0.4 is 0 Å². The second-order valence-electron chi connectivity index (χ2n) is 19.2. The highest BCUT2D eigenvalue weighted by molar-refractivity contribution is 8.33. The Labute approximate surface area is 501 Å². The van der Waals surface area contributed by atoms with Gasteiger partial charge in [0.2, 0.25) is 0 Å². The van der Waals surface area contributed by atoms with Gasteiger partial charge in [0.25, 0.3) is 0 Å². The molecule has 320 valence electrons. The first-order valence-electron chi connectivity index (χ1n) is 25.2. The molecule has 0 aromatic heterocycles. The Morgan fingerprint density at radius 1 is 0.416 bits per heavy atom. The lowest BCUT2D eigenvalue weighted by Gasteiger charge is -2.55. The summed E-state index contributed by atoms with van der Waals surface area (Å²) in [5.41, 5.74) is 0. The molecule has 2 saturated heterocycles. The fourth-order valence-corrected chi connectivity index (χ4v) is 10.5. The highest BCUT2D eigenvalue weighted by atomic mass is 16.6. The molecule has 2 fully saturated rings. The number of carbonyl (C=O) groups is 5. The van der Waals surface area contributed by atoms with Crippen LogP contribution >= 0.6 is 0 Å². The van der Waals surface area contributed by atoms with Crippen LogP contribution in [0.2, 0.25) is 0 Å². The third-order valence-electron chi connectivity index (χ3n) is 13.9. The largest absolute Gasteiger partial charge is 0.465 e. The van der Waals surface area contributed by atoms with E-state index in [1.807, 2.05) is 0 Å². The summed E-state index contributed by atoms with van der Waals surface area (Å²) in [5.74, 6) is -1.96. The zero-order chi connectivity index (χ0) is 60.1. The number of ketones is 2. The molecule has 3 unspecified atom stereocenters.